The van der Waals surface area contributed by atoms with E-state index in [1.807, 2.05) is 35.9 Å². The number of aromatic nitrogens is 2. The highest BCUT2D eigenvalue weighted by atomic mass is 79.9. The minimum Gasteiger partial charge on any atom is -0.303 e. The van der Waals surface area contributed by atoms with E-state index in [-0.39, 0.29) is 0 Å². The van der Waals surface area contributed by atoms with E-state index in [0.717, 1.165) is 16.1 Å². The van der Waals surface area contributed by atoms with Crippen LogP contribution in [0.2, 0.25) is 0 Å². The Balaban J connectivity index is 2.53. The van der Waals surface area contributed by atoms with Crippen LogP contribution in [0.25, 0.3) is 5.69 Å². The van der Waals surface area contributed by atoms with Gasteiger partial charge in [-0.3, -0.25) is 0 Å². The van der Waals surface area contributed by atoms with E-state index >= 15 is 0 Å². The number of imidazole rings is 1. The lowest BCUT2D eigenvalue weighted by molar-refractivity contribution is 0.975. The maximum atomic E-state index is 4.27. The average Bonchev–Trinajstić information content (AvgIpc) is 2.47. The summed E-state index contributed by atoms with van der Waals surface area (Å²) in [6.45, 7) is 1.98. The third kappa shape index (κ3) is 1.65. The summed E-state index contributed by atoms with van der Waals surface area (Å²) in [5.41, 5.74) is 1.14. The predicted molar refractivity (Wildman–Crippen MR) is 56.0 cm³/mol. The molecule has 0 unspecified atom stereocenters. The van der Waals surface area contributed by atoms with Crippen LogP contribution in [0.15, 0.2) is 41.1 Å². The monoisotopic (exact) mass is 236 g/mol. The quantitative estimate of drug-likeness (QED) is 0.745. The molecule has 0 spiro atoms. The van der Waals surface area contributed by atoms with Crippen LogP contribution < -0.4 is 0 Å². The first-order valence-corrected chi connectivity index (χ1v) is 4.83. The van der Waals surface area contributed by atoms with Crippen molar-refractivity contribution < 1.29 is 0 Å². The Morgan fingerprint density at radius 3 is 2.46 bits per heavy atom. The van der Waals surface area contributed by atoms with Crippen molar-refractivity contribution in [1.82, 2.24) is 9.55 Å². The molecule has 0 saturated heterocycles. The van der Waals surface area contributed by atoms with Crippen LogP contribution in [-0.2, 0) is 0 Å². The summed E-state index contributed by atoms with van der Waals surface area (Å²) in [6.07, 6.45) is 1.96. The van der Waals surface area contributed by atoms with Crippen LogP contribution in [0.1, 0.15) is 5.82 Å². The molecule has 0 aliphatic heterocycles. The summed E-state index contributed by atoms with van der Waals surface area (Å²) in [5.74, 6) is 0.984. The van der Waals surface area contributed by atoms with Crippen molar-refractivity contribution in [2.45, 2.75) is 6.92 Å². The summed E-state index contributed by atoms with van der Waals surface area (Å²) in [7, 11) is 0. The summed E-state index contributed by atoms with van der Waals surface area (Å²) in [6, 6.07) is 10.2. The van der Waals surface area contributed by atoms with E-state index in [2.05, 4.69) is 33.0 Å². The number of nitrogens with zero attached hydrogens (tertiary/aromatic N) is 2. The van der Waals surface area contributed by atoms with Gasteiger partial charge in [0.15, 0.2) is 0 Å². The maximum Gasteiger partial charge on any atom is 0.124 e. The van der Waals surface area contributed by atoms with Crippen molar-refractivity contribution in [3.8, 4) is 5.69 Å². The lowest BCUT2D eigenvalue weighted by atomic mass is 10.3. The molecule has 0 amide bonds. The molecular formula is C10H9BrN2. The SMILES string of the molecule is Cc1nc(Br)cn1-c1ccccc1. The first-order chi connectivity index (χ1) is 6.27. The molecule has 0 N–H and O–H groups in total. The number of hydrogen-bond acceptors (Lipinski definition) is 1. The van der Waals surface area contributed by atoms with Gasteiger partial charge < -0.3 is 4.57 Å². The lowest BCUT2D eigenvalue weighted by Crippen LogP contribution is -1.93. The second-order valence-electron chi connectivity index (χ2n) is 2.82. The summed E-state index contributed by atoms with van der Waals surface area (Å²) < 4.78 is 2.92. The Morgan fingerprint density at radius 2 is 1.92 bits per heavy atom. The molecule has 0 atom stereocenters. The van der Waals surface area contributed by atoms with Crippen LogP contribution in [0, 0.1) is 6.92 Å². The topological polar surface area (TPSA) is 17.8 Å². The maximum absolute atomic E-state index is 4.27. The number of benzene rings is 1. The molecule has 0 radical (unpaired) electrons. The molecule has 2 nitrogen and oxygen atoms in total. The Bertz CT molecular complexity index is 406. The lowest BCUT2D eigenvalue weighted by Gasteiger charge is -2.02. The number of hydrogen-bond donors (Lipinski definition) is 0. The zero-order valence-corrected chi connectivity index (χ0v) is 8.82. The predicted octanol–water partition coefficient (Wildman–Crippen LogP) is 2.94. The van der Waals surface area contributed by atoms with Gasteiger partial charge in [-0.1, -0.05) is 18.2 Å². The second kappa shape index (κ2) is 3.34. The first kappa shape index (κ1) is 8.51. The van der Waals surface area contributed by atoms with Gasteiger partial charge in [-0.2, -0.15) is 0 Å². The second-order valence-corrected chi connectivity index (χ2v) is 3.63. The minimum absolute atomic E-state index is 0.869. The number of aryl methyl sites for hydroxylation is 1. The van der Waals surface area contributed by atoms with E-state index in [9.17, 15) is 0 Å². The molecule has 0 bridgehead atoms. The van der Waals surface area contributed by atoms with E-state index in [0.29, 0.717) is 0 Å². The molecule has 1 heterocycles. The van der Waals surface area contributed by atoms with Gasteiger partial charge in [0.2, 0.25) is 0 Å². The van der Waals surface area contributed by atoms with Crippen molar-refractivity contribution in [3.05, 3.63) is 47.0 Å². The molecule has 66 valence electrons. The molecule has 0 saturated carbocycles. The third-order valence-corrected chi connectivity index (χ3v) is 2.27. The number of rotatable bonds is 1. The van der Waals surface area contributed by atoms with Gasteiger partial charge in [-0.05, 0) is 35.0 Å². The largest absolute Gasteiger partial charge is 0.303 e. The van der Waals surface area contributed by atoms with Gasteiger partial charge in [-0.15, -0.1) is 0 Å². The molecule has 1 aromatic carbocycles. The van der Waals surface area contributed by atoms with Crippen molar-refractivity contribution in [2.24, 2.45) is 0 Å². The molecule has 3 heteroatoms. The van der Waals surface area contributed by atoms with Gasteiger partial charge in [0.1, 0.15) is 10.4 Å². The standard InChI is InChI=1S/C10H9BrN2/c1-8-12-10(11)7-13(8)9-5-3-2-4-6-9/h2-7H,1H3. The Morgan fingerprint density at radius 1 is 1.23 bits per heavy atom. The van der Waals surface area contributed by atoms with Crippen LogP contribution in [0.5, 0.6) is 0 Å². The normalized spacial score (nSPS) is 10.3. The Labute approximate surface area is 85.4 Å². The van der Waals surface area contributed by atoms with Crippen molar-refractivity contribution in [1.29, 1.82) is 0 Å². The Kier molecular flexibility index (Phi) is 2.19. The van der Waals surface area contributed by atoms with Crippen LogP contribution in [0.4, 0.5) is 0 Å². The number of para-hydroxylation sites is 1. The minimum atomic E-state index is 0.869. The third-order valence-electron chi connectivity index (χ3n) is 1.89. The van der Waals surface area contributed by atoms with Crippen molar-refractivity contribution in [3.63, 3.8) is 0 Å². The van der Waals surface area contributed by atoms with Crippen LogP contribution >= 0.6 is 15.9 Å². The highest BCUT2D eigenvalue weighted by molar-refractivity contribution is 9.10. The highest BCUT2D eigenvalue weighted by Gasteiger charge is 2.01. The molecule has 2 aromatic rings. The zero-order chi connectivity index (χ0) is 9.26. The van der Waals surface area contributed by atoms with Gasteiger partial charge in [0.25, 0.3) is 0 Å². The van der Waals surface area contributed by atoms with Crippen molar-refractivity contribution in [2.75, 3.05) is 0 Å². The zero-order valence-electron chi connectivity index (χ0n) is 7.24. The molecule has 0 aliphatic rings. The highest BCUT2D eigenvalue weighted by Crippen LogP contribution is 2.14. The smallest absolute Gasteiger partial charge is 0.124 e. The molecule has 13 heavy (non-hydrogen) atoms. The fraction of sp³-hybridized carbons (Fsp3) is 0.100. The molecule has 0 fully saturated rings. The fourth-order valence-electron chi connectivity index (χ4n) is 1.29. The van der Waals surface area contributed by atoms with E-state index < -0.39 is 0 Å². The first-order valence-electron chi connectivity index (χ1n) is 4.04. The van der Waals surface area contributed by atoms with Crippen LogP contribution in [0.3, 0.4) is 0 Å². The average molecular weight is 237 g/mol. The molecule has 2 rings (SSSR count). The van der Waals surface area contributed by atoms with Gasteiger partial charge in [-0.25, -0.2) is 4.98 Å². The van der Waals surface area contributed by atoms with E-state index in [1.54, 1.807) is 0 Å². The summed E-state index contributed by atoms with van der Waals surface area (Å²) in [5, 5.41) is 0. The summed E-state index contributed by atoms with van der Waals surface area (Å²) >= 11 is 3.35. The van der Waals surface area contributed by atoms with E-state index in [1.165, 1.54) is 0 Å². The molecule has 0 aliphatic carbocycles. The van der Waals surface area contributed by atoms with Crippen LogP contribution in [-0.4, -0.2) is 9.55 Å². The van der Waals surface area contributed by atoms with Crippen molar-refractivity contribution >= 4 is 15.9 Å². The number of halogens is 1. The summed E-state index contributed by atoms with van der Waals surface area (Å²) in [4.78, 5) is 4.27. The fourth-order valence-corrected chi connectivity index (χ4v) is 1.75. The van der Waals surface area contributed by atoms with Gasteiger partial charge in [0.05, 0.1) is 0 Å². The van der Waals surface area contributed by atoms with Gasteiger partial charge >= 0.3 is 0 Å². The van der Waals surface area contributed by atoms with Gasteiger partial charge in [0, 0.05) is 11.9 Å². The molecule has 1 aromatic heterocycles. The Hall–Kier alpha value is -1.09. The van der Waals surface area contributed by atoms with E-state index in [4.69, 9.17) is 0 Å². The molecular weight excluding hydrogens is 228 g/mol.